The van der Waals surface area contributed by atoms with Crippen LogP contribution < -0.4 is 0 Å². The predicted molar refractivity (Wildman–Crippen MR) is 47.0 cm³/mol. The van der Waals surface area contributed by atoms with Crippen LogP contribution in [0, 0.1) is 0 Å². The predicted octanol–water partition coefficient (Wildman–Crippen LogP) is 1.06. The molecule has 1 unspecified atom stereocenters. The fourth-order valence-corrected chi connectivity index (χ4v) is 0.770. The zero-order chi connectivity index (χ0) is 10.1. The first kappa shape index (κ1) is 11.8. The molecule has 0 N–H and O–H groups in total. The third-order valence-electron chi connectivity index (χ3n) is 1.44. The SMILES string of the molecule is C=CC(=O)OC(CCCC=O)OC. The molecule has 0 aromatic rings. The molecule has 0 aromatic heterocycles. The van der Waals surface area contributed by atoms with Crippen molar-refractivity contribution < 1.29 is 19.1 Å². The van der Waals surface area contributed by atoms with Crippen LogP contribution in [-0.2, 0) is 19.1 Å². The molecule has 13 heavy (non-hydrogen) atoms. The van der Waals surface area contributed by atoms with E-state index in [4.69, 9.17) is 9.47 Å². The van der Waals surface area contributed by atoms with Crippen LogP contribution in [0.15, 0.2) is 12.7 Å². The highest BCUT2D eigenvalue weighted by atomic mass is 16.7. The number of esters is 1. The van der Waals surface area contributed by atoms with Crippen molar-refractivity contribution in [2.75, 3.05) is 7.11 Å². The maximum atomic E-state index is 10.7. The Kier molecular flexibility index (Phi) is 6.82. The summed E-state index contributed by atoms with van der Waals surface area (Å²) in [7, 11) is 1.45. The van der Waals surface area contributed by atoms with E-state index in [0.29, 0.717) is 19.3 Å². The Morgan fingerprint density at radius 1 is 1.62 bits per heavy atom. The van der Waals surface area contributed by atoms with Crippen LogP contribution in [0.1, 0.15) is 19.3 Å². The third kappa shape index (κ3) is 6.04. The second kappa shape index (κ2) is 7.49. The van der Waals surface area contributed by atoms with Gasteiger partial charge in [0.15, 0.2) is 0 Å². The number of hydrogen-bond acceptors (Lipinski definition) is 4. The van der Waals surface area contributed by atoms with Crippen molar-refractivity contribution in [3.8, 4) is 0 Å². The van der Waals surface area contributed by atoms with E-state index in [2.05, 4.69) is 6.58 Å². The van der Waals surface area contributed by atoms with Gasteiger partial charge in [-0.05, 0) is 6.42 Å². The number of unbranched alkanes of at least 4 members (excludes halogenated alkanes) is 1. The molecular formula is C9H14O4. The Morgan fingerprint density at radius 2 is 2.31 bits per heavy atom. The highest BCUT2D eigenvalue weighted by Gasteiger charge is 2.09. The van der Waals surface area contributed by atoms with Gasteiger partial charge in [-0.15, -0.1) is 0 Å². The summed E-state index contributed by atoms with van der Waals surface area (Å²) in [5.41, 5.74) is 0. The molecule has 74 valence electrons. The summed E-state index contributed by atoms with van der Waals surface area (Å²) >= 11 is 0. The van der Waals surface area contributed by atoms with Crippen molar-refractivity contribution in [3.05, 3.63) is 12.7 Å². The number of ether oxygens (including phenoxy) is 2. The van der Waals surface area contributed by atoms with E-state index in [1.807, 2.05) is 0 Å². The lowest BCUT2D eigenvalue weighted by Crippen LogP contribution is -2.18. The minimum absolute atomic E-state index is 0.450. The molecule has 0 amide bonds. The quantitative estimate of drug-likeness (QED) is 0.196. The Morgan fingerprint density at radius 3 is 2.77 bits per heavy atom. The first-order valence-electron chi connectivity index (χ1n) is 4.04. The van der Waals surface area contributed by atoms with Crippen molar-refractivity contribution in [2.24, 2.45) is 0 Å². The van der Waals surface area contributed by atoms with E-state index in [9.17, 15) is 9.59 Å². The topological polar surface area (TPSA) is 52.6 Å². The lowest BCUT2D eigenvalue weighted by atomic mass is 10.2. The molecule has 0 heterocycles. The minimum atomic E-state index is -0.578. The van der Waals surface area contributed by atoms with Crippen LogP contribution in [-0.4, -0.2) is 25.7 Å². The Labute approximate surface area is 77.5 Å². The number of methoxy groups -OCH3 is 1. The molecule has 0 aliphatic carbocycles. The van der Waals surface area contributed by atoms with E-state index in [0.717, 1.165) is 12.4 Å². The lowest BCUT2D eigenvalue weighted by molar-refractivity contribution is -0.168. The minimum Gasteiger partial charge on any atom is -0.433 e. The normalized spacial score (nSPS) is 11.8. The molecule has 1 atom stereocenters. The van der Waals surface area contributed by atoms with Gasteiger partial charge in [-0.1, -0.05) is 6.58 Å². The largest absolute Gasteiger partial charge is 0.433 e. The van der Waals surface area contributed by atoms with Gasteiger partial charge in [0.25, 0.3) is 0 Å². The Hall–Kier alpha value is -1.16. The molecule has 4 nitrogen and oxygen atoms in total. The van der Waals surface area contributed by atoms with Crippen molar-refractivity contribution in [3.63, 3.8) is 0 Å². The van der Waals surface area contributed by atoms with E-state index >= 15 is 0 Å². The summed E-state index contributed by atoms with van der Waals surface area (Å²) in [6.45, 7) is 3.26. The van der Waals surface area contributed by atoms with Gasteiger partial charge in [-0.2, -0.15) is 0 Å². The van der Waals surface area contributed by atoms with Crippen molar-refractivity contribution >= 4 is 12.3 Å². The maximum Gasteiger partial charge on any atom is 0.332 e. The lowest BCUT2D eigenvalue weighted by Gasteiger charge is -2.13. The van der Waals surface area contributed by atoms with Crippen LogP contribution in [0.2, 0.25) is 0 Å². The summed E-state index contributed by atoms with van der Waals surface area (Å²) in [4.78, 5) is 20.7. The molecule has 0 saturated carbocycles. The van der Waals surface area contributed by atoms with Gasteiger partial charge in [-0.25, -0.2) is 4.79 Å². The van der Waals surface area contributed by atoms with E-state index < -0.39 is 12.3 Å². The molecule has 0 aliphatic heterocycles. The van der Waals surface area contributed by atoms with Gasteiger partial charge in [0.1, 0.15) is 6.29 Å². The summed E-state index contributed by atoms with van der Waals surface area (Å²) in [6, 6.07) is 0. The fraction of sp³-hybridized carbons (Fsp3) is 0.556. The van der Waals surface area contributed by atoms with Crippen LogP contribution >= 0.6 is 0 Å². The molecule has 0 radical (unpaired) electrons. The molecule has 0 fully saturated rings. The van der Waals surface area contributed by atoms with Crippen LogP contribution in [0.25, 0.3) is 0 Å². The van der Waals surface area contributed by atoms with Gasteiger partial charge < -0.3 is 14.3 Å². The Bertz CT molecular complexity index is 176. The molecule has 0 saturated heterocycles. The van der Waals surface area contributed by atoms with Gasteiger partial charge in [0.2, 0.25) is 6.29 Å². The third-order valence-corrected chi connectivity index (χ3v) is 1.44. The average molecular weight is 186 g/mol. The van der Waals surface area contributed by atoms with Crippen molar-refractivity contribution in [2.45, 2.75) is 25.6 Å². The van der Waals surface area contributed by atoms with Crippen LogP contribution in [0.4, 0.5) is 0 Å². The van der Waals surface area contributed by atoms with Crippen LogP contribution in [0.5, 0.6) is 0 Å². The number of rotatable bonds is 7. The fourth-order valence-electron chi connectivity index (χ4n) is 0.770. The first-order chi connectivity index (χ1) is 6.24. The first-order valence-corrected chi connectivity index (χ1v) is 4.04. The zero-order valence-corrected chi connectivity index (χ0v) is 7.69. The monoisotopic (exact) mass is 186 g/mol. The zero-order valence-electron chi connectivity index (χ0n) is 7.69. The number of carbonyl (C=O) groups is 2. The second-order valence-corrected chi connectivity index (χ2v) is 2.40. The standard InChI is InChI=1S/C9H14O4/c1-3-8(11)13-9(12-2)6-4-5-7-10/h3,7,9H,1,4-6H2,2H3. The number of aldehydes is 1. The highest BCUT2D eigenvalue weighted by molar-refractivity contribution is 5.81. The average Bonchev–Trinajstić information content (AvgIpc) is 2.16. The van der Waals surface area contributed by atoms with E-state index in [1.165, 1.54) is 7.11 Å². The second-order valence-electron chi connectivity index (χ2n) is 2.40. The van der Waals surface area contributed by atoms with Crippen LogP contribution in [0.3, 0.4) is 0 Å². The van der Waals surface area contributed by atoms with Gasteiger partial charge in [-0.3, -0.25) is 0 Å². The summed E-state index contributed by atoms with van der Waals surface area (Å²) in [5.74, 6) is -0.516. The van der Waals surface area contributed by atoms with E-state index in [-0.39, 0.29) is 0 Å². The van der Waals surface area contributed by atoms with Gasteiger partial charge >= 0.3 is 5.97 Å². The van der Waals surface area contributed by atoms with Crippen molar-refractivity contribution in [1.29, 1.82) is 0 Å². The molecule has 4 heteroatoms. The highest BCUT2D eigenvalue weighted by Crippen LogP contribution is 2.05. The van der Waals surface area contributed by atoms with Gasteiger partial charge in [0.05, 0.1) is 0 Å². The van der Waals surface area contributed by atoms with Crippen molar-refractivity contribution in [1.82, 2.24) is 0 Å². The van der Waals surface area contributed by atoms with Gasteiger partial charge in [0, 0.05) is 26.0 Å². The number of carbonyl (C=O) groups excluding carboxylic acids is 2. The summed E-state index contributed by atoms with van der Waals surface area (Å²) in [6.07, 6.45) is 2.94. The van der Waals surface area contributed by atoms with E-state index in [1.54, 1.807) is 0 Å². The Balaban J connectivity index is 3.68. The number of hydrogen-bond donors (Lipinski definition) is 0. The molecular weight excluding hydrogens is 172 g/mol. The molecule has 0 aliphatic rings. The summed E-state index contributed by atoms with van der Waals surface area (Å²) in [5, 5.41) is 0. The summed E-state index contributed by atoms with van der Waals surface area (Å²) < 4.78 is 9.66. The molecule has 0 bridgehead atoms. The molecule has 0 spiro atoms. The smallest absolute Gasteiger partial charge is 0.332 e. The molecule has 0 rings (SSSR count). The molecule has 0 aromatic carbocycles. The maximum absolute atomic E-state index is 10.7.